The molecule has 7 heteroatoms. The minimum absolute atomic E-state index is 0.0793. The molecular formula is C17H21BrN2O4. The summed E-state index contributed by atoms with van der Waals surface area (Å²) in [6, 6.07) is 7.51. The summed E-state index contributed by atoms with van der Waals surface area (Å²) >= 11 is 3.34. The van der Waals surface area contributed by atoms with Crippen LogP contribution in [0, 0.1) is 24.2 Å². The summed E-state index contributed by atoms with van der Waals surface area (Å²) in [6.45, 7) is 6.43. The van der Waals surface area contributed by atoms with Crippen molar-refractivity contribution in [3.05, 3.63) is 28.2 Å². The molecule has 1 aromatic carbocycles. The number of aryl methyl sites for hydroxylation is 1. The van der Waals surface area contributed by atoms with Crippen molar-refractivity contribution < 1.29 is 19.1 Å². The van der Waals surface area contributed by atoms with Gasteiger partial charge in [-0.25, -0.2) is 4.79 Å². The lowest BCUT2D eigenvalue weighted by Gasteiger charge is -2.27. The first-order chi connectivity index (χ1) is 11.2. The van der Waals surface area contributed by atoms with E-state index in [1.54, 1.807) is 13.0 Å². The molecule has 0 bridgehead atoms. The van der Waals surface area contributed by atoms with Gasteiger partial charge in [0.05, 0.1) is 10.5 Å². The Bertz CT molecular complexity index is 654. The van der Waals surface area contributed by atoms with E-state index in [-0.39, 0.29) is 12.5 Å². The number of rotatable bonds is 7. The lowest BCUT2D eigenvalue weighted by molar-refractivity contribution is -0.150. The standard InChI is InChI=1S/C17H21BrN2O4/c1-11(2)17(4,10-19)20-15(21)8-24-16(22)9-23-14-6-5-12(3)7-13(14)18/h5-7,11H,8-9H2,1-4H3,(H,20,21)/t17-/m1/s1. The van der Waals surface area contributed by atoms with Crippen molar-refractivity contribution in [2.45, 2.75) is 33.2 Å². The number of nitriles is 1. The second-order valence-corrected chi connectivity index (χ2v) is 6.75. The number of benzene rings is 1. The maximum Gasteiger partial charge on any atom is 0.344 e. The van der Waals surface area contributed by atoms with Crippen molar-refractivity contribution in [2.24, 2.45) is 5.92 Å². The number of halogens is 1. The minimum Gasteiger partial charge on any atom is -0.481 e. The Balaban J connectivity index is 2.44. The molecular weight excluding hydrogens is 376 g/mol. The summed E-state index contributed by atoms with van der Waals surface area (Å²) in [5, 5.41) is 11.7. The van der Waals surface area contributed by atoms with E-state index >= 15 is 0 Å². The number of carbonyl (C=O) groups excluding carboxylic acids is 2. The number of ether oxygens (including phenoxy) is 2. The van der Waals surface area contributed by atoms with E-state index in [4.69, 9.17) is 14.7 Å². The van der Waals surface area contributed by atoms with Crippen LogP contribution in [0.25, 0.3) is 0 Å². The Hall–Kier alpha value is -2.07. The van der Waals surface area contributed by atoms with Gasteiger partial charge in [-0.2, -0.15) is 5.26 Å². The second kappa shape index (κ2) is 8.69. The van der Waals surface area contributed by atoms with Crippen LogP contribution < -0.4 is 10.1 Å². The zero-order valence-corrected chi connectivity index (χ0v) is 15.8. The first-order valence-corrected chi connectivity index (χ1v) is 8.24. The van der Waals surface area contributed by atoms with Gasteiger partial charge in [-0.05, 0) is 53.4 Å². The Kier molecular flexibility index (Phi) is 7.23. The van der Waals surface area contributed by atoms with Crippen molar-refractivity contribution >= 4 is 27.8 Å². The van der Waals surface area contributed by atoms with Gasteiger partial charge in [-0.3, -0.25) is 4.79 Å². The fourth-order valence-corrected chi connectivity index (χ4v) is 2.28. The molecule has 0 aromatic heterocycles. The van der Waals surface area contributed by atoms with Crippen LogP contribution in [0.5, 0.6) is 5.75 Å². The average molecular weight is 397 g/mol. The van der Waals surface area contributed by atoms with E-state index in [9.17, 15) is 9.59 Å². The summed E-state index contributed by atoms with van der Waals surface area (Å²) in [5.41, 5.74) is 0.0476. The SMILES string of the molecule is Cc1ccc(OCC(=O)OCC(=O)N[C@](C)(C#N)C(C)C)c(Br)c1. The number of carbonyl (C=O) groups is 2. The van der Waals surface area contributed by atoms with Gasteiger partial charge in [-0.1, -0.05) is 19.9 Å². The van der Waals surface area contributed by atoms with E-state index in [2.05, 4.69) is 27.3 Å². The molecule has 1 rings (SSSR count). The third kappa shape index (κ3) is 5.85. The summed E-state index contributed by atoms with van der Waals surface area (Å²) in [6.07, 6.45) is 0. The van der Waals surface area contributed by atoms with E-state index in [0.29, 0.717) is 5.75 Å². The van der Waals surface area contributed by atoms with E-state index in [1.807, 2.05) is 32.9 Å². The molecule has 0 aliphatic heterocycles. The number of amides is 1. The smallest absolute Gasteiger partial charge is 0.344 e. The highest BCUT2D eigenvalue weighted by Gasteiger charge is 2.30. The van der Waals surface area contributed by atoms with Crippen LogP contribution in [-0.4, -0.2) is 30.6 Å². The molecule has 0 aliphatic carbocycles. The molecule has 0 unspecified atom stereocenters. The fraction of sp³-hybridized carbons (Fsp3) is 0.471. The van der Waals surface area contributed by atoms with Gasteiger partial charge in [0, 0.05) is 0 Å². The van der Waals surface area contributed by atoms with Gasteiger partial charge >= 0.3 is 5.97 Å². The highest BCUT2D eigenvalue weighted by molar-refractivity contribution is 9.10. The molecule has 0 saturated carbocycles. The third-order valence-corrected chi connectivity index (χ3v) is 4.20. The largest absolute Gasteiger partial charge is 0.481 e. The molecule has 1 aromatic rings. The first-order valence-electron chi connectivity index (χ1n) is 7.44. The zero-order chi connectivity index (χ0) is 18.3. The van der Waals surface area contributed by atoms with Gasteiger partial charge in [0.1, 0.15) is 11.3 Å². The highest BCUT2D eigenvalue weighted by atomic mass is 79.9. The number of esters is 1. The molecule has 0 heterocycles. The van der Waals surface area contributed by atoms with Crippen LogP contribution in [0.1, 0.15) is 26.3 Å². The molecule has 130 valence electrons. The second-order valence-electron chi connectivity index (χ2n) is 5.90. The predicted molar refractivity (Wildman–Crippen MR) is 92.3 cm³/mol. The molecule has 0 saturated heterocycles. The van der Waals surface area contributed by atoms with Crippen molar-refractivity contribution in [1.82, 2.24) is 5.32 Å². The Morgan fingerprint density at radius 1 is 1.38 bits per heavy atom. The summed E-state index contributed by atoms with van der Waals surface area (Å²) in [4.78, 5) is 23.5. The Labute approximate surface area is 150 Å². The Morgan fingerprint density at radius 3 is 2.58 bits per heavy atom. The maximum atomic E-state index is 11.8. The van der Waals surface area contributed by atoms with Crippen LogP contribution in [0.4, 0.5) is 0 Å². The molecule has 24 heavy (non-hydrogen) atoms. The molecule has 0 radical (unpaired) electrons. The van der Waals surface area contributed by atoms with Gasteiger partial charge in [0.2, 0.25) is 0 Å². The average Bonchev–Trinajstić information content (AvgIpc) is 2.51. The van der Waals surface area contributed by atoms with Crippen LogP contribution in [0.15, 0.2) is 22.7 Å². The van der Waals surface area contributed by atoms with Crippen LogP contribution in [0.3, 0.4) is 0 Å². The summed E-state index contributed by atoms with van der Waals surface area (Å²) < 4.78 is 10.9. The van der Waals surface area contributed by atoms with Crippen molar-refractivity contribution in [3.63, 3.8) is 0 Å². The number of nitrogens with zero attached hydrogens (tertiary/aromatic N) is 1. The maximum absolute atomic E-state index is 11.8. The molecule has 1 amide bonds. The van der Waals surface area contributed by atoms with Crippen molar-refractivity contribution in [3.8, 4) is 11.8 Å². The third-order valence-electron chi connectivity index (χ3n) is 3.58. The van der Waals surface area contributed by atoms with E-state index in [1.165, 1.54) is 0 Å². The first kappa shape index (κ1) is 20.0. The molecule has 6 nitrogen and oxygen atoms in total. The van der Waals surface area contributed by atoms with Gasteiger partial charge in [0.25, 0.3) is 5.91 Å². The van der Waals surface area contributed by atoms with Crippen molar-refractivity contribution in [1.29, 1.82) is 5.26 Å². The fourth-order valence-electron chi connectivity index (χ4n) is 1.67. The lowest BCUT2D eigenvalue weighted by Crippen LogP contribution is -2.50. The van der Waals surface area contributed by atoms with Gasteiger partial charge in [-0.15, -0.1) is 0 Å². The quantitative estimate of drug-likeness (QED) is 0.715. The molecule has 1 N–H and O–H groups in total. The molecule has 1 atom stereocenters. The summed E-state index contributed by atoms with van der Waals surface area (Å²) in [5.74, 6) is -0.762. The highest BCUT2D eigenvalue weighted by Crippen LogP contribution is 2.25. The molecule has 0 aliphatic rings. The van der Waals surface area contributed by atoms with E-state index < -0.39 is 24.0 Å². The van der Waals surface area contributed by atoms with Gasteiger partial charge < -0.3 is 14.8 Å². The normalized spacial score (nSPS) is 12.9. The topological polar surface area (TPSA) is 88.4 Å². The Morgan fingerprint density at radius 2 is 2.04 bits per heavy atom. The summed E-state index contributed by atoms with van der Waals surface area (Å²) in [7, 11) is 0. The minimum atomic E-state index is -1.01. The number of hydrogen-bond donors (Lipinski definition) is 1. The molecule has 0 spiro atoms. The molecule has 0 fully saturated rings. The van der Waals surface area contributed by atoms with Crippen LogP contribution in [-0.2, 0) is 14.3 Å². The van der Waals surface area contributed by atoms with Crippen LogP contribution in [0.2, 0.25) is 0 Å². The zero-order valence-electron chi connectivity index (χ0n) is 14.2. The van der Waals surface area contributed by atoms with E-state index in [0.717, 1.165) is 10.0 Å². The van der Waals surface area contributed by atoms with Crippen molar-refractivity contribution in [2.75, 3.05) is 13.2 Å². The number of nitrogens with one attached hydrogen (secondary N) is 1. The van der Waals surface area contributed by atoms with Crippen LogP contribution >= 0.6 is 15.9 Å². The lowest BCUT2D eigenvalue weighted by atomic mass is 9.90. The van der Waals surface area contributed by atoms with Gasteiger partial charge in [0.15, 0.2) is 13.2 Å². The monoisotopic (exact) mass is 396 g/mol. The number of hydrogen-bond acceptors (Lipinski definition) is 5. The predicted octanol–water partition coefficient (Wildman–Crippen LogP) is 2.73.